The molecule has 1 N–H and O–H groups in total. The van der Waals surface area contributed by atoms with Crippen molar-refractivity contribution in [1.29, 1.82) is 0 Å². The number of pyridine rings is 2. The van der Waals surface area contributed by atoms with Gasteiger partial charge in [-0.15, -0.1) is 0 Å². The summed E-state index contributed by atoms with van der Waals surface area (Å²) < 4.78 is 0. The van der Waals surface area contributed by atoms with Crippen LogP contribution in [0.25, 0.3) is 0 Å². The molecule has 0 aliphatic rings. The summed E-state index contributed by atoms with van der Waals surface area (Å²) in [6.07, 6.45) is 4.64. The van der Waals surface area contributed by atoms with Gasteiger partial charge in [0.05, 0.1) is 0 Å². The topological polar surface area (TPSA) is 37.8 Å². The lowest BCUT2D eigenvalue weighted by Crippen LogP contribution is -1.95. The van der Waals surface area contributed by atoms with Gasteiger partial charge in [0.2, 0.25) is 0 Å². The highest BCUT2D eigenvalue weighted by Gasteiger charge is 1.95. The molecule has 76 valence electrons. The van der Waals surface area contributed by atoms with Crippen molar-refractivity contribution in [2.75, 3.05) is 5.32 Å². The lowest BCUT2D eigenvalue weighted by molar-refractivity contribution is 1.10. The summed E-state index contributed by atoms with van der Waals surface area (Å²) >= 11 is 0. The number of hydrogen-bond acceptors (Lipinski definition) is 3. The minimum Gasteiger partial charge on any atom is -0.325 e. The van der Waals surface area contributed by atoms with Gasteiger partial charge in [0.15, 0.2) is 0 Å². The molecule has 2 rings (SSSR count). The fraction of sp³-hybridized carbons (Fsp3) is 0.167. The monoisotopic (exact) mass is 199 g/mol. The van der Waals surface area contributed by atoms with Crippen LogP contribution in [0.15, 0.2) is 42.7 Å². The average molecular weight is 199 g/mol. The first-order valence-corrected chi connectivity index (χ1v) is 5.01. The molecule has 0 saturated heterocycles. The minimum atomic E-state index is 0.814. The summed E-state index contributed by atoms with van der Waals surface area (Å²) in [5.41, 5.74) is 1.24. The maximum atomic E-state index is 4.29. The van der Waals surface area contributed by atoms with Crippen LogP contribution in [0.1, 0.15) is 12.5 Å². The number of nitrogens with zero attached hydrogens (tertiary/aromatic N) is 2. The molecule has 2 heterocycles. The normalized spacial score (nSPS) is 9.93. The average Bonchev–Trinajstić information content (AvgIpc) is 2.31. The number of nitrogens with one attached hydrogen (secondary N) is 1. The van der Waals surface area contributed by atoms with Crippen molar-refractivity contribution in [1.82, 2.24) is 9.97 Å². The molecule has 0 saturated carbocycles. The van der Waals surface area contributed by atoms with Crippen molar-refractivity contribution in [3.05, 3.63) is 48.3 Å². The molecule has 0 unspecified atom stereocenters. The van der Waals surface area contributed by atoms with E-state index in [1.54, 1.807) is 6.20 Å². The van der Waals surface area contributed by atoms with Crippen LogP contribution in [0.3, 0.4) is 0 Å². The lowest BCUT2D eigenvalue weighted by Gasteiger charge is -2.04. The Labute approximate surface area is 89.2 Å². The molecule has 0 aromatic carbocycles. The predicted octanol–water partition coefficient (Wildman–Crippen LogP) is 2.78. The Balaban J connectivity index is 2.11. The summed E-state index contributed by atoms with van der Waals surface area (Å²) in [7, 11) is 0. The van der Waals surface area contributed by atoms with Crippen molar-refractivity contribution >= 4 is 11.6 Å². The molecule has 15 heavy (non-hydrogen) atoms. The number of hydrogen-bond donors (Lipinski definition) is 1. The van der Waals surface area contributed by atoms with Gasteiger partial charge in [-0.3, -0.25) is 0 Å². The van der Waals surface area contributed by atoms with E-state index in [4.69, 9.17) is 0 Å². The van der Waals surface area contributed by atoms with E-state index in [9.17, 15) is 0 Å². The summed E-state index contributed by atoms with van der Waals surface area (Å²) in [5, 5.41) is 3.13. The van der Waals surface area contributed by atoms with Crippen LogP contribution in [-0.2, 0) is 6.42 Å². The van der Waals surface area contributed by atoms with E-state index >= 15 is 0 Å². The highest BCUT2D eigenvalue weighted by atomic mass is 15.0. The molecule has 0 aliphatic carbocycles. The molecule has 0 fully saturated rings. The molecular formula is C12H13N3. The standard InChI is InChI=1S/C12H13N3/c1-2-10-6-7-12(14-9-10)15-11-5-3-4-8-13-11/h3-9H,2H2,1H3,(H,13,14,15). The van der Waals surface area contributed by atoms with E-state index in [1.165, 1.54) is 5.56 Å². The Hall–Kier alpha value is -1.90. The molecule has 0 spiro atoms. The fourth-order valence-corrected chi connectivity index (χ4v) is 1.28. The van der Waals surface area contributed by atoms with Gasteiger partial charge in [-0.1, -0.05) is 19.1 Å². The van der Waals surface area contributed by atoms with Crippen LogP contribution in [0.4, 0.5) is 11.6 Å². The van der Waals surface area contributed by atoms with Gasteiger partial charge >= 0.3 is 0 Å². The first-order valence-electron chi connectivity index (χ1n) is 5.01. The zero-order valence-electron chi connectivity index (χ0n) is 8.64. The molecule has 3 heteroatoms. The van der Waals surface area contributed by atoms with Crippen LogP contribution in [0, 0.1) is 0 Å². The quantitative estimate of drug-likeness (QED) is 0.826. The Morgan fingerprint density at radius 3 is 2.53 bits per heavy atom. The Morgan fingerprint density at radius 1 is 1.07 bits per heavy atom. The van der Waals surface area contributed by atoms with E-state index in [0.29, 0.717) is 0 Å². The molecule has 2 aromatic heterocycles. The second-order valence-electron chi connectivity index (χ2n) is 3.25. The Morgan fingerprint density at radius 2 is 1.93 bits per heavy atom. The predicted molar refractivity (Wildman–Crippen MR) is 61.1 cm³/mol. The number of anilines is 2. The molecule has 3 nitrogen and oxygen atoms in total. The summed E-state index contributed by atoms with van der Waals surface area (Å²) in [6, 6.07) is 9.77. The van der Waals surface area contributed by atoms with Crippen molar-refractivity contribution in [2.24, 2.45) is 0 Å². The van der Waals surface area contributed by atoms with Crippen LogP contribution in [-0.4, -0.2) is 9.97 Å². The maximum Gasteiger partial charge on any atom is 0.131 e. The number of aryl methyl sites for hydroxylation is 1. The van der Waals surface area contributed by atoms with Crippen LogP contribution in [0.2, 0.25) is 0 Å². The van der Waals surface area contributed by atoms with Gasteiger partial charge in [-0.05, 0) is 30.2 Å². The minimum absolute atomic E-state index is 0.814. The van der Waals surface area contributed by atoms with E-state index in [0.717, 1.165) is 18.1 Å². The Kier molecular flexibility index (Phi) is 2.93. The van der Waals surface area contributed by atoms with Gasteiger partial charge in [0, 0.05) is 12.4 Å². The van der Waals surface area contributed by atoms with E-state index < -0.39 is 0 Å². The lowest BCUT2D eigenvalue weighted by atomic mass is 10.2. The third-order valence-corrected chi connectivity index (χ3v) is 2.15. The van der Waals surface area contributed by atoms with Crippen molar-refractivity contribution in [2.45, 2.75) is 13.3 Å². The first kappa shape index (κ1) is 9.65. The number of aromatic nitrogens is 2. The largest absolute Gasteiger partial charge is 0.325 e. The molecule has 0 radical (unpaired) electrons. The van der Waals surface area contributed by atoms with Crippen molar-refractivity contribution in [3.8, 4) is 0 Å². The van der Waals surface area contributed by atoms with Gasteiger partial charge in [0.1, 0.15) is 11.6 Å². The fourth-order valence-electron chi connectivity index (χ4n) is 1.28. The third kappa shape index (κ3) is 2.53. The van der Waals surface area contributed by atoms with Crippen molar-refractivity contribution in [3.63, 3.8) is 0 Å². The maximum absolute atomic E-state index is 4.29. The molecule has 0 bridgehead atoms. The third-order valence-electron chi connectivity index (χ3n) is 2.15. The van der Waals surface area contributed by atoms with E-state index in [1.807, 2.05) is 30.5 Å². The zero-order chi connectivity index (χ0) is 10.5. The Bertz CT molecular complexity index is 409. The van der Waals surface area contributed by atoms with Gasteiger partial charge < -0.3 is 5.32 Å². The van der Waals surface area contributed by atoms with Gasteiger partial charge in [-0.2, -0.15) is 0 Å². The molecule has 0 aliphatic heterocycles. The van der Waals surface area contributed by atoms with Gasteiger partial charge in [0.25, 0.3) is 0 Å². The summed E-state index contributed by atoms with van der Waals surface area (Å²) in [4.78, 5) is 8.46. The molecule has 0 amide bonds. The zero-order valence-corrected chi connectivity index (χ0v) is 8.64. The molecule has 2 aromatic rings. The second-order valence-corrected chi connectivity index (χ2v) is 3.25. The second kappa shape index (κ2) is 4.55. The highest BCUT2D eigenvalue weighted by molar-refractivity contribution is 5.50. The number of rotatable bonds is 3. The molecule has 0 atom stereocenters. The first-order chi connectivity index (χ1) is 7.38. The SMILES string of the molecule is CCc1ccc(Nc2ccccn2)nc1. The van der Waals surface area contributed by atoms with E-state index in [-0.39, 0.29) is 0 Å². The highest BCUT2D eigenvalue weighted by Crippen LogP contribution is 2.11. The summed E-state index contributed by atoms with van der Waals surface area (Å²) in [6.45, 7) is 2.11. The van der Waals surface area contributed by atoms with E-state index in [2.05, 4.69) is 28.3 Å². The van der Waals surface area contributed by atoms with Crippen LogP contribution < -0.4 is 5.32 Å². The van der Waals surface area contributed by atoms with Crippen molar-refractivity contribution < 1.29 is 0 Å². The summed E-state index contributed by atoms with van der Waals surface area (Å²) in [5.74, 6) is 1.64. The van der Waals surface area contributed by atoms with Crippen LogP contribution in [0.5, 0.6) is 0 Å². The molecular weight excluding hydrogens is 186 g/mol. The van der Waals surface area contributed by atoms with Gasteiger partial charge in [-0.25, -0.2) is 9.97 Å². The smallest absolute Gasteiger partial charge is 0.131 e. The van der Waals surface area contributed by atoms with Crippen LogP contribution >= 0.6 is 0 Å².